The van der Waals surface area contributed by atoms with E-state index in [-0.39, 0.29) is 12.5 Å². The molecule has 0 bridgehead atoms. The van der Waals surface area contributed by atoms with Gasteiger partial charge in [-0.1, -0.05) is 50.6 Å². The van der Waals surface area contributed by atoms with E-state index >= 15 is 0 Å². The highest BCUT2D eigenvalue weighted by molar-refractivity contribution is 5.79. The fourth-order valence-electron chi connectivity index (χ4n) is 1.56. The maximum Gasteiger partial charge on any atom is 0.408 e. The zero-order valence-electron chi connectivity index (χ0n) is 11.1. The Balaban J connectivity index is 2.47. The number of benzene rings is 1. The summed E-state index contributed by atoms with van der Waals surface area (Å²) in [5.74, 6) is -1.51. The van der Waals surface area contributed by atoms with Gasteiger partial charge in [-0.2, -0.15) is 0 Å². The van der Waals surface area contributed by atoms with Crippen molar-refractivity contribution in [2.45, 2.75) is 32.9 Å². The van der Waals surface area contributed by atoms with Gasteiger partial charge in [-0.05, 0) is 11.5 Å². The van der Waals surface area contributed by atoms with Crippen molar-refractivity contribution in [3.8, 4) is 0 Å². The third kappa shape index (κ3) is 4.99. The minimum absolute atomic E-state index is 0.104. The van der Waals surface area contributed by atoms with Gasteiger partial charge in [0, 0.05) is 0 Å². The minimum atomic E-state index is -1.30. The average molecular weight is 264 g/mol. The molecule has 0 fully saturated rings. The normalized spacial score (nSPS) is 13.4. The van der Waals surface area contributed by atoms with Crippen molar-refractivity contribution in [2.75, 3.05) is 0 Å². The number of hydrogen-bond donors (Lipinski definition) is 1. The topological polar surface area (TPSA) is 75.3 Å². The van der Waals surface area contributed by atoms with Gasteiger partial charge in [0.2, 0.25) is 0 Å². The molecule has 5 nitrogen and oxygen atoms in total. The Hall–Kier alpha value is -2.04. The first-order chi connectivity index (χ1) is 9.04. The van der Waals surface area contributed by atoms with E-state index in [1.807, 2.05) is 37.3 Å². The van der Waals surface area contributed by atoms with Gasteiger partial charge in [0.1, 0.15) is 12.6 Å². The standard InChI is InChI=1S/C14H18NO4/c1-3-10(2)12(13(16)17)15-14(18)19-9-11-7-5-4-6-8-11/h4-8,10,12H,3,9H2,1-2H3,(H,15,18)/t10-,12-/m0/s1. The Bertz CT molecular complexity index is 419. The number of alkyl carbamates (subject to hydrolysis) is 1. The van der Waals surface area contributed by atoms with Crippen molar-refractivity contribution in [2.24, 2.45) is 5.92 Å². The van der Waals surface area contributed by atoms with Crippen LogP contribution in [0.15, 0.2) is 30.3 Å². The molecule has 2 atom stereocenters. The van der Waals surface area contributed by atoms with Gasteiger partial charge in [-0.25, -0.2) is 14.7 Å². The number of carbonyl (C=O) groups is 2. The lowest BCUT2D eigenvalue weighted by molar-refractivity contribution is -0.147. The van der Waals surface area contributed by atoms with Gasteiger partial charge in [0.15, 0.2) is 0 Å². The van der Waals surface area contributed by atoms with Crippen LogP contribution in [0.2, 0.25) is 0 Å². The van der Waals surface area contributed by atoms with Gasteiger partial charge in [0.25, 0.3) is 0 Å². The Morgan fingerprint density at radius 3 is 2.42 bits per heavy atom. The molecule has 103 valence electrons. The molecule has 0 unspecified atom stereocenters. The van der Waals surface area contributed by atoms with Crippen LogP contribution >= 0.6 is 0 Å². The number of amides is 1. The highest BCUT2D eigenvalue weighted by atomic mass is 16.5. The Labute approximate surface area is 112 Å². The zero-order chi connectivity index (χ0) is 14.3. The van der Waals surface area contributed by atoms with Gasteiger partial charge in [-0.15, -0.1) is 0 Å². The SMILES string of the molecule is CC[C@H](C)[C@H](NC(=O)OCc1ccccc1)C([O])=O. The summed E-state index contributed by atoms with van der Waals surface area (Å²) in [6.07, 6.45) is -0.129. The third-order valence-corrected chi connectivity index (χ3v) is 2.95. The maximum atomic E-state index is 11.5. The second-order valence-corrected chi connectivity index (χ2v) is 4.39. The Kier molecular flexibility index (Phi) is 5.85. The predicted molar refractivity (Wildman–Crippen MR) is 68.7 cm³/mol. The van der Waals surface area contributed by atoms with Gasteiger partial charge < -0.3 is 10.1 Å². The molecule has 1 amide bonds. The number of carbonyl (C=O) groups excluding carboxylic acids is 2. The highest BCUT2D eigenvalue weighted by Crippen LogP contribution is 2.09. The van der Waals surface area contributed by atoms with E-state index in [1.165, 1.54) is 0 Å². The molecule has 1 aromatic carbocycles. The summed E-state index contributed by atoms with van der Waals surface area (Å²) in [7, 11) is 0. The van der Waals surface area contributed by atoms with Crippen LogP contribution in [-0.2, 0) is 21.2 Å². The molecule has 1 N–H and O–H groups in total. The van der Waals surface area contributed by atoms with Crippen LogP contribution in [0.25, 0.3) is 0 Å². The number of hydrogen-bond acceptors (Lipinski definition) is 3. The molecule has 0 saturated heterocycles. The molecule has 0 heterocycles. The molecule has 1 radical (unpaired) electrons. The van der Waals surface area contributed by atoms with Crippen LogP contribution in [0.3, 0.4) is 0 Å². The monoisotopic (exact) mass is 264 g/mol. The lowest BCUT2D eigenvalue weighted by Crippen LogP contribution is -2.44. The van der Waals surface area contributed by atoms with Crippen molar-refractivity contribution in [1.29, 1.82) is 0 Å². The third-order valence-electron chi connectivity index (χ3n) is 2.95. The molecule has 1 aromatic rings. The summed E-state index contributed by atoms with van der Waals surface area (Å²) in [6, 6.07) is 8.13. The van der Waals surface area contributed by atoms with E-state index in [2.05, 4.69) is 5.32 Å². The predicted octanol–water partition coefficient (Wildman–Crippen LogP) is 2.28. The van der Waals surface area contributed by atoms with Gasteiger partial charge >= 0.3 is 12.1 Å². The van der Waals surface area contributed by atoms with Crippen molar-refractivity contribution in [1.82, 2.24) is 5.32 Å². The molecule has 5 heteroatoms. The number of nitrogens with one attached hydrogen (secondary N) is 1. The first kappa shape index (κ1) is 15.0. The van der Waals surface area contributed by atoms with Crippen molar-refractivity contribution in [3.63, 3.8) is 0 Å². The minimum Gasteiger partial charge on any atom is -0.445 e. The van der Waals surface area contributed by atoms with Crippen LogP contribution in [0.1, 0.15) is 25.8 Å². The van der Waals surface area contributed by atoms with Gasteiger partial charge in [-0.3, -0.25) is 0 Å². The molecule has 1 rings (SSSR count). The quantitative estimate of drug-likeness (QED) is 0.856. The molecular formula is C14H18NO4. The van der Waals surface area contributed by atoms with Crippen LogP contribution in [0, 0.1) is 5.92 Å². The Morgan fingerprint density at radius 2 is 1.89 bits per heavy atom. The van der Waals surface area contributed by atoms with Crippen LogP contribution in [0.4, 0.5) is 4.79 Å². The highest BCUT2D eigenvalue weighted by Gasteiger charge is 2.27. The molecule has 0 aliphatic rings. The Morgan fingerprint density at radius 1 is 1.26 bits per heavy atom. The number of ether oxygens (including phenoxy) is 1. The second-order valence-electron chi connectivity index (χ2n) is 4.39. The molecule has 0 aromatic heterocycles. The summed E-state index contributed by atoms with van der Waals surface area (Å²) in [5, 5.41) is 13.2. The lowest BCUT2D eigenvalue weighted by atomic mass is 10.00. The summed E-state index contributed by atoms with van der Waals surface area (Å²) in [4.78, 5) is 22.5. The number of rotatable bonds is 6. The van der Waals surface area contributed by atoms with E-state index < -0.39 is 18.1 Å². The molecule has 0 spiro atoms. The molecule has 0 saturated carbocycles. The van der Waals surface area contributed by atoms with Crippen LogP contribution < -0.4 is 5.32 Å². The first-order valence-corrected chi connectivity index (χ1v) is 6.22. The largest absolute Gasteiger partial charge is 0.445 e. The van der Waals surface area contributed by atoms with Crippen LogP contribution in [-0.4, -0.2) is 18.1 Å². The summed E-state index contributed by atoms with van der Waals surface area (Å²) >= 11 is 0. The fraction of sp³-hybridized carbons (Fsp3) is 0.429. The van der Waals surface area contributed by atoms with E-state index in [0.29, 0.717) is 6.42 Å². The maximum absolute atomic E-state index is 11.5. The molecule has 0 aliphatic carbocycles. The first-order valence-electron chi connectivity index (χ1n) is 6.22. The molecule has 19 heavy (non-hydrogen) atoms. The average Bonchev–Trinajstić information content (AvgIpc) is 2.42. The van der Waals surface area contributed by atoms with Crippen LogP contribution in [0.5, 0.6) is 0 Å². The van der Waals surface area contributed by atoms with Crippen molar-refractivity contribution in [3.05, 3.63) is 35.9 Å². The molecular weight excluding hydrogens is 246 g/mol. The lowest BCUT2D eigenvalue weighted by Gasteiger charge is -2.18. The second kappa shape index (κ2) is 7.41. The summed E-state index contributed by atoms with van der Waals surface area (Å²) < 4.78 is 4.96. The van der Waals surface area contributed by atoms with E-state index in [1.54, 1.807) is 6.92 Å². The fourth-order valence-corrected chi connectivity index (χ4v) is 1.56. The van der Waals surface area contributed by atoms with E-state index in [4.69, 9.17) is 4.74 Å². The van der Waals surface area contributed by atoms with Crippen molar-refractivity contribution < 1.29 is 19.4 Å². The molecule has 0 aliphatic heterocycles. The van der Waals surface area contributed by atoms with Crippen molar-refractivity contribution >= 4 is 12.1 Å². The summed E-state index contributed by atoms with van der Waals surface area (Å²) in [6.45, 7) is 3.68. The van der Waals surface area contributed by atoms with Gasteiger partial charge in [0.05, 0.1) is 0 Å². The summed E-state index contributed by atoms with van der Waals surface area (Å²) in [5.41, 5.74) is 0.839. The van der Waals surface area contributed by atoms with E-state index in [9.17, 15) is 14.7 Å². The zero-order valence-corrected chi connectivity index (χ0v) is 11.1. The van der Waals surface area contributed by atoms with E-state index in [0.717, 1.165) is 5.56 Å². The smallest absolute Gasteiger partial charge is 0.408 e.